The first-order chi connectivity index (χ1) is 29.8. The number of fused-ring (bicyclic) bond motifs is 4. The van der Waals surface area contributed by atoms with Gasteiger partial charge in [0.1, 0.15) is 0 Å². The maximum Gasteiger partial charge on any atom is 0.0714 e. The van der Waals surface area contributed by atoms with Crippen LogP contribution >= 0.6 is 0 Å². The Bertz CT molecular complexity index is 2910. The minimum absolute atomic E-state index is 0.515. The molecule has 11 rings (SSSR count). The van der Waals surface area contributed by atoms with E-state index in [1.165, 1.54) is 104 Å². The zero-order chi connectivity index (χ0) is 39.9. The number of hydrogen-bond acceptors (Lipinski definition) is 1. The van der Waals surface area contributed by atoms with Crippen molar-refractivity contribution in [2.75, 3.05) is 4.90 Å². The Morgan fingerprint density at radius 3 is 1.62 bits per heavy atom. The third-order valence-electron chi connectivity index (χ3n) is 13.3. The number of benzene rings is 9. The van der Waals surface area contributed by atoms with Gasteiger partial charge < -0.3 is 4.90 Å². The SMILES string of the molecule is c1ccc(-c2ccccc2N(c2ccc3c(c2)C(c2ccccc2)(c2ccccc2)c2ccccc2-3)c2ccccc2-c2cccc3cccc(C4CCCCC4)c23)cc1. The monoisotopic (exact) mass is 769 g/mol. The van der Waals surface area contributed by atoms with Gasteiger partial charge in [0.2, 0.25) is 0 Å². The fourth-order valence-electron chi connectivity index (χ4n) is 10.8. The molecule has 288 valence electrons. The van der Waals surface area contributed by atoms with E-state index in [9.17, 15) is 0 Å². The van der Waals surface area contributed by atoms with E-state index in [1.807, 2.05) is 0 Å². The highest BCUT2D eigenvalue weighted by molar-refractivity contribution is 6.04. The van der Waals surface area contributed by atoms with Crippen LogP contribution in [0.2, 0.25) is 0 Å². The molecular formula is C59H47N. The molecule has 1 fully saturated rings. The smallest absolute Gasteiger partial charge is 0.0714 e. The first-order valence-corrected chi connectivity index (χ1v) is 21.7. The summed E-state index contributed by atoms with van der Waals surface area (Å²) in [5.41, 5.74) is 17.0. The molecule has 0 radical (unpaired) electrons. The van der Waals surface area contributed by atoms with E-state index in [0.29, 0.717) is 5.92 Å². The van der Waals surface area contributed by atoms with E-state index in [2.05, 4.69) is 223 Å². The van der Waals surface area contributed by atoms with Crippen LogP contribution in [0.1, 0.15) is 65.8 Å². The summed E-state index contributed by atoms with van der Waals surface area (Å²) >= 11 is 0. The molecule has 0 atom stereocenters. The lowest BCUT2D eigenvalue weighted by molar-refractivity contribution is 0.445. The normalized spacial score (nSPS) is 14.4. The van der Waals surface area contributed by atoms with Crippen molar-refractivity contribution in [3.8, 4) is 33.4 Å². The molecule has 1 saturated carbocycles. The summed E-state index contributed by atoms with van der Waals surface area (Å²) in [4.78, 5) is 2.55. The van der Waals surface area contributed by atoms with Crippen LogP contribution < -0.4 is 4.90 Å². The minimum atomic E-state index is -0.515. The second-order valence-corrected chi connectivity index (χ2v) is 16.6. The van der Waals surface area contributed by atoms with E-state index in [1.54, 1.807) is 0 Å². The molecule has 0 amide bonds. The van der Waals surface area contributed by atoms with Gasteiger partial charge in [0.25, 0.3) is 0 Å². The summed E-state index contributed by atoms with van der Waals surface area (Å²) in [5, 5.41) is 2.71. The van der Waals surface area contributed by atoms with Crippen LogP contribution in [-0.2, 0) is 5.41 Å². The van der Waals surface area contributed by atoms with Crippen LogP contribution in [0.4, 0.5) is 17.1 Å². The lowest BCUT2D eigenvalue weighted by Crippen LogP contribution is -2.28. The van der Waals surface area contributed by atoms with Gasteiger partial charge in [-0.3, -0.25) is 0 Å². The summed E-state index contributed by atoms with van der Waals surface area (Å²) in [6.45, 7) is 0. The van der Waals surface area contributed by atoms with E-state index < -0.39 is 5.41 Å². The van der Waals surface area contributed by atoms with E-state index in [4.69, 9.17) is 0 Å². The van der Waals surface area contributed by atoms with Gasteiger partial charge >= 0.3 is 0 Å². The van der Waals surface area contributed by atoms with Crippen LogP contribution in [0.25, 0.3) is 44.2 Å². The molecule has 0 N–H and O–H groups in total. The van der Waals surface area contributed by atoms with Gasteiger partial charge in [-0.05, 0) is 104 Å². The quantitative estimate of drug-likeness (QED) is 0.149. The molecule has 0 saturated heterocycles. The Morgan fingerprint density at radius 1 is 0.383 bits per heavy atom. The number of hydrogen-bond donors (Lipinski definition) is 0. The molecule has 0 bridgehead atoms. The largest absolute Gasteiger partial charge is 0.309 e. The van der Waals surface area contributed by atoms with Crippen molar-refractivity contribution < 1.29 is 0 Å². The van der Waals surface area contributed by atoms with Crippen LogP contribution in [0.15, 0.2) is 218 Å². The first kappa shape index (κ1) is 36.1. The Labute approximate surface area is 354 Å². The maximum absolute atomic E-state index is 2.55. The maximum atomic E-state index is 2.55. The Kier molecular flexibility index (Phi) is 9.23. The number of anilines is 3. The molecule has 2 aliphatic carbocycles. The predicted molar refractivity (Wildman–Crippen MR) is 253 cm³/mol. The topological polar surface area (TPSA) is 3.24 Å². The van der Waals surface area contributed by atoms with Crippen LogP contribution in [-0.4, -0.2) is 0 Å². The van der Waals surface area contributed by atoms with Crippen molar-refractivity contribution in [1.29, 1.82) is 0 Å². The molecule has 1 nitrogen and oxygen atoms in total. The average Bonchev–Trinajstić information content (AvgIpc) is 3.63. The third kappa shape index (κ3) is 5.91. The summed E-state index contributed by atoms with van der Waals surface area (Å²) in [6.07, 6.45) is 6.47. The number of para-hydroxylation sites is 2. The molecule has 1 heteroatoms. The van der Waals surface area contributed by atoms with Crippen LogP contribution in [0.5, 0.6) is 0 Å². The Balaban J connectivity index is 1.21. The molecule has 0 aliphatic heterocycles. The van der Waals surface area contributed by atoms with Crippen molar-refractivity contribution in [2.45, 2.75) is 43.4 Å². The highest BCUT2D eigenvalue weighted by atomic mass is 15.1. The van der Waals surface area contributed by atoms with Gasteiger partial charge in [0, 0.05) is 16.8 Å². The molecule has 9 aromatic rings. The molecule has 0 heterocycles. The van der Waals surface area contributed by atoms with E-state index >= 15 is 0 Å². The molecule has 2 aliphatic rings. The van der Waals surface area contributed by atoms with E-state index in [0.717, 1.165) is 17.1 Å². The van der Waals surface area contributed by atoms with E-state index in [-0.39, 0.29) is 0 Å². The molecular weight excluding hydrogens is 723 g/mol. The zero-order valence-corrected chi connectivity index (χ0v) is 33.8. The standard InChI is InChI=1S/C59H47N/c1-5-21-42(22-6-1)48-31-14-17-37-56(48)60(57-38-18-15-33-52(57)53-35-20-26-44-25-19-34-49(58(44)53)43-23-7-2-8-24-43)47-39-40-51-50-32-13-16-36-54(50)59(55(51)41-47,45-27-9-3-10-28-45)46-29-11-4-12-30-46/h1,3-6,9-22,25-41,43H,2,7-8,23-24H2. The average molecular weight is 770 g/mol. The number of nitrogens with zero attached hydrogens (tertiary/aromatic N) is 1. The van der Waals surface area contributed by atoms with Crippen molar-refractivity contribution in [2.24, 2.45) is 0 Å². The van der Waals surface area contributed by atoms with Gasteiger partial charge in [0.05, 0.1) is 16.8 Å². The summed E-state index contributed by atoms with van der Waals surface area (Å²) in [6, 6.07) is 81.4. The summed E-state index contributed by atoms with van der Waals surface area (Å²) < 4.78 is 0. The Hall–Kier alpha value is -6.96. The van der Waals surface area contributed by atoms with Gasteiger partial charge in [-0.25, -0.2) is 0 Å². The lowest BCUT2D eigenvalue weighted by atomic mass is 9.67. The molecule has 9 aromatic carbocycles. The molecule has 60 heavy (non-hydrogen) atoms. The summed E-state index contributed by atoms with van der Waals surface area (Å²) in [5.74, 6) is 0.577. The zero-order valence-electron chi connectivity index (χ0n) is 33.8. The van der Waals surface area contributed by atoms with Crippen molar-refractivity contribution in [3.63, 3.8) is 0 Å². The van der Waals surface area contributed by atoms with Crippen LogP contribution in [0.3, 0.4) is 0 Å². The van der Waals surface area contributed by atoms with Gasteiger partial charge in [0.15, 0.2) is 0 Å². The molecule has 0 aromatic heterocycles. The lowest BCUT2D eigenvalue weighted by Gasteiger charge is -2.35. The van der Waals surface area contributed by atoms with Gasteiger partial charge in [-0.2, -0.15) is 0 Å². The van der Waals surface area contributed by atoms with Gasteiger partial charge in [-0.1, -0.05) is 213 Å². The third-order valence-corrected chi connectivity index (χ3v) is 13.3. The van der Waals surface area contributed by atoms with Crippen molar-refractivity contribution in [1.82, 2.24) is 0 Å². The molecule has 0 unspecified atom stereocenters. The fourth-order valence-corrected chi connectivity index (χ4v) is 10.8. The summed E-state index contributed by atoms with van der Waals surface area (Å²) in [7, 11) is 0. The van der Waals surface area contributed by atoms with Crippen LogP contribution in [0, 0.1) is 0 Å². The highest BCUT2D eigenvalue weighted by Crippen LogP contribution is 2.58. The van der Waals surface area contributed by atoms with Crippen molar-refractivity contribution in [3.05, 3.63) is 246 Å². The second kappa shape index (κ2) is 15.3. The fraction of sp³-hybridized carbons (Fsp3) is 0.119. The number of rotatable bonds is 8. The molecule has 0 spiro atoms. The van der Waals surface area contributed by atoms with Gasteiger partial charge in [-0.15, -0.1) is 0 Å². The predicted octanol–water partition coefficient (Wildman–Crippen LogP) is 16.1. The Morgan fingerprint density at radius 2 is 0.917 bits per heavy atom. The second-order valence-electron chi connectivity index (χ2n) is 16.6. The van der Waals surface area contributed by atoms with Crippen molar-refractivity contribution >= 4 is 27.8 Å². The first-order valence-electron chi connectivity index (χ1n) is 21.7. The highest BCUT2D eigenvalue weighted by Gasteiger charge is 2.46. The minimum Gasteiger partial charge on any atom is -0.309 e.